The van der Waals surface area contributed by atoms with Gasteiger partial charge in [-0.05, 0) is 54.9 Å². The third-order valence-corrected chi connectivity index (χ3v) is 6.02. The zero-order chi connectivity index (χ0) is 19.6. The molecule has 0 unspecified atom stereocenters. The lowest BCUT2D eigenvalue weighted by Gasteiger charge is -2.22. The molecule has 0 spiro atoms. The summed E-state index contributed by atoms with van der Waals surface area (Å²) in [6, 6.07) is 10.6. The van der Waals surface area contributed by atoms with Gasteiger partial charge in [0.15, 0.2) is 0 Å². The van der Waals surface area contributed by atoms with Crippen LogP contribution in [0.2, 0.25) is 5.02 Å². The maximum absolute atomic E-state index is 12.6. The van der Waals surface area contributed by atoms with Crippen molar-refractivity contribution in [1.29, 1.82) is 0 Å². The molecular formula is C19H19ClN2O4S. The Morgan fingerprint density at radius 2 is 1.89 bits per heavy atom. The first-order valence-corrected chi connectivity index (χ1v) is 10.2. The van der Waals surface area contributed by atoms with Gasteiger partial charge in [0.05, 0.1) is 16.1 Å². The van der Waals surface area contributed by atoms with Crippen molar-refractivity contribution in [2.24, 2.45) is 0 Å². The van der Waals surface area contributed by atoms with Crippen LogP contribution in [0.15, 0.2) is 53.4 Å². The van der Waals surface area contributed by atoms with Gasteiger partial charge in [0.25, 0.3) is 10.0 Å². The van der Waals surface area contributed by atoms with E-state index < -0.39 is 16.0 Å². The van der Waals surface area contributed by atoms with Crippen LogP contribution in [-0.4, -0.2) is 44.5 Å². The molecule has 3 rings (SSSR count). The predicted molar refractivity (Wildman–Crippen MR) is 106 cm³/mol. The highest BCUT2D eigenvalue weighted by Gasteiger charge is 2.19. The summed E-state index contributed by atoms with van der Waals surface area (Å²) in [4.78, 5) is 13.6. The molecule has 0 radical (unpaired) electrons. The fourth-order valence-corrected chi connectivity index (χ4v) is 4.12. The summed E-state index contributed by atoms with van der Waals surface area (Å²) in [6.45, 7) is 1.83. The van der Waals surface area contributed by atoms with Crippen molar-refractivity contribution in [2.75, 3.05) is 24.9 Å². The quantitative estimate of drug-likeness (QED) is 0.792. The van der Waals surface area contributed by atoms with Crippen LogP contribution in [-0.2, 0) is 10.0 Å². The van der Waals surface area contributed by atoms with Gasteiger partial charge in [-0.15, -0.1) is 0 Å². The minimum absolute atomic E-state index is 0.0333. The number of nitrogens with one attached hydrogen (secondary N) is 1. The third-order valence-electron chi connectivity index (χ3n) is 4.40. The highest BCUT2D eigenvalue weighted by Crippen LogP contribution is 2.26. The fourth-order valence-electron chi connectivity index (χ4n) is 2.87. The van der Waals surface area contributed by atoms with Gasteiger partial charge in [0.1, 0.15) is 0 Å². The van der Waals surface area contributed by atoms with Gasteiger partial charge in [-0.1, -0.05) is 29.8 Å². The van der Waals surface area contributed by atoms with E-state index in [1.54, 1.807) is 12.1 Å². The number of sulfonamides is 1. The largest absolute Gasteiger partial charge is 0.478 e. The van der Waals surface area contributed by atoms with E-state index in [1.165, 1.54) is 35.9 Å². The molecule has 1 aliphatic rings. The molecule has 1 heterocycles. The number of carboxylic acid groups (broad SMARTS) is 1. The van der Waals surface area contributed by atoms with Crippen molar-refractivity contribution in [3.05, 3.63) is 64.7 Å². The second kappa shape index (κ2) is 7.72. The number of carboxylic acids is 1. The molecule has 0 bridgehead atoms. The van der Waals surface area contributed by atoms with Crippen molar-refractivity contribution in [3.8, 4) is 0 Å². The molecule has 1 aliphatic heterocycles. The SMILES string of the molecule is CN1CC=C(c2ccc(S(=O)(=O)Nc3ccc(Cl)cc3C(=O)O)cc2)CC1. The monoisotopic (exact) mass is 406 g/mol. The first-order valence-electron chi connectivity index (χ1n) is 8.30. The van der Waals surface area contributed by atoms with E-state index in [-0.39, 0.29) is 21.2 Å². The van der Waals surface area contributed by atoms with Gasteiger partial charge in [0.2, 0.25) is 0 Å². The van der Waals surface area contributed by atoms with Gasteiger partial charge in [-0.25, -0.2) is 13.2 Å². The lowest BCUT2D eigenvalue weighted by molar-refractivity contribution is 0.0698. The van der Waals surface area contributed by atoms with Crippen LogP contribution < -0.4 is 4.72 Å². The topological polar surface area (TPSA) is 86.7 Å². The number of likely N-dealkylation sites (N-methyl/N-ethyl adjacent to an activating group) is 1. The van der Waals surface area contributed by atoms with E-state index in [4.69, 9.17) is 11.6 Å². The third kappa shape index (κ3) is 4.50. The molecule has 0 saturated carbocycles. The summed E-state index contributed by atoms with van der Waals surface area (Å²) in [5, 5.41) is 9.47. The van der Waals surface area contributed by atoms with Crippen molar-refractivity contribution in [2.45, 2.75) is 11.3 Å². The van der Waals surface area contributed by atoms with E-state index in [9.17, 15) is 18.3 Å². The molecule has 2 N–H and O–H groups in total. The molecule has 0 amide bonds. The van der Waals surface area contributed by atoms with Crippen LogP contribution in [0.5, 0.6) is 0 Å². The molecule has 6 nitrogen and oxygen atoms in total. The Bertz CT molecular complexity index is 1000. The molecule has 0 aromatic heterocycles. The van der Waals surface area contributed by atoms with E-state index in [1.807, 2.05) is 0 Å². The number of nitrogens with zero attached hydrogens (tertiary/aromatic N) is 1. The van der Waals surface area contributed by atoms with Crippen LogP contribution in [0.3, 0.4) is 0 Å². The van der Waals surface area contributed by atoms with Crippen molar-refractivity contribution in [3.63, 3.8) is 0 Å². The Kier molecular flexibility index (Phi) is 5.55. The predicted octanol–water partition coefficient (Wildman–Crippen LogP) is 3.56. The maximum atomic E-state index is 12.6. The number of carbonyl (C=O) groups is 1. The molecule has 2 aromatic carbocycles. The van der Waals surface area contributed by atoms with Crippen LogP contribution in [0.4, 0.5) is 5.69 Å². The zero-order valence-corrected chi connectivity index (χ0v) is 16.2. The summed E-state index contributed by atoms with van der Waals surface area (Å²) >= 11 is 5.80. The Hall–Kier alpha value is -2.35. The normalized spacial score (nSPS) is 15.3. The number of anilines is 1. The van der Waals surface area contributed by atoms with E-state index in [0.717, 1.165) is 25.1 Å². The number of hydrogen-bond donors (Lipinski definition) is 2. The van der Waals surface area contributed by atoms with Crippen LogP contribution in [0, 0.1) is 0 Å². The van der Waals surface area contributed by atoms with Gasteiger partial charge in [0, 0.05) is 18.1 Å². The number of halogens is 1. The number of rotatable bonds is 5. The molecule has 8 heteroatoms. The Morgan fingerprint density at radius 1 is 1.19 bits per heavy atom. The van der Waals surface area contributed by atoms with E-state index >= 15 is 0 Å². The molecule has 2 aromatic rings. The van der Waals surface area contributed by atoms with E-state index in [2.05, 4.69) is 22.7 Å². The first-order chi connectivity index (χ1) is 12.8. The van der Waals surface area contributed by atoms with Crippen LogP contribution in [0.1, 0.15) is 22.3 Å². The average molecular weight is 407 g/mol. The second-order valence-corrected chi connectivity index (χ2v) is 8.49. The molecular weight excluding hydrogens is 388 g/mol. The van der Waals surface area contributed by atoms with E-state index in [0.29, 0.717) is 0 Å². The molecule has 142 valence electrons. The average Bonchev–Trinajstić information content (AvgIpc) is 2.63. The minimum atomic E-state index is -3.92. The van der Waals surface area contributed by atoms with Crippen molar-refractivity contribution >= 4 is 38.9 Å². The van der Waals surface area contributed by atoms with Crippen molar-refractivity contribution < 1.29 is 18.3 Å². The summed E-state index contributed by atoms with van der Waals surface area (Å²) in [7, 11) is -1.87. The summed E-state index contributed by atoms with van der Waals surface area (Å²) < 4.78 is 27.6. The Morgan fingerprint density at radius 3 is 2.48 bits per heavy atom. The lowest BCUT2D eigenvalue weighted by atomic mass is 10.00. The fraction of sp³-hybridized carbons (Fsp3) is 0.211. The molecule has 0 saturated heterocycles. The highest BCUT2D eigenvalue weighted by atomic mass is 35.5. The van der Waals surface area contributed by atoms with Crippen LogP contribution in [0.25, 0.3) is 5.57 Å². The minimum Gasteiger partial charge on any atom is -0.478 e. The molecule has 0 fully saturated rings. The lowest BCUT2D eigenvalue weighted by Crippen LogP contribution is -2.23. The highest BCUT2D eigenvalue weighted by molar-refractivity contribution is 7.92. The van der Waals surface area contributed by atoms with Gasteiger partial charge in [-0.3, -0.25) is 4.72 Å². The number of benzene rings is 2. The molecule has 0 atom stereocenters. The van der Waals surface area contributed by atoms with Gasteiger partial charge in [-0.2, -0.15) is 0 Å². The number of hydrogen-bond acceptors (Lipinski definition) is 4. The Balaban J connectivity index is 1.85. The summed E-state index contributed by atoms with van der Waals surface area (Å²) in [5.41, 5.74) is 1.93. The first kappa shape index (κ1) is 19.4. The number of aromatic carboxylic acids is 1. The summed E-state index contributed by atoms with van der Waals surface area (Å²) in [5.74, 6) is -1.26. The maximum Gasteiger partial charge on any atom is 0.337 e. The zero-order valence-electron chi connectivity index (χ0n) is 14.6. The Labute approximate surface area is 163 Å². The summed E-state index contributed by atoms with van der Waals surface area (Å²) in [6.07, 6.45) is 3.05. The standard InChI is InChI=1S/C19H19ClN2O4S/c1-22-10-8-14(9-11-22)13-2-5-16(6-3-13)27(25,26)21-18-7-4-15(20)12-17(18)19(23)24/h2-8,12,21H,9-11H2,1H3,(H,23,24). The van der Waals surface area contributed by atoms with Crippen LogP contribution >= 0.6 is 11.6 Å². The second-order valence-electron chi connectivity index (χ2n) is 6.37. The molecule has 27 heavy (non-hydrogen) atoms. The van der Waals surface area contributed by atoms with Gasteiger partial charge < -0.3 is 10.0 Å². The van der Waals surface area contributed by atoms with Gasteiger partial charge >= 0.3 is 5.97 Å². The smallest absolute Gasteiger partial charge is 0.337 e. The van der Waals surface area contributed by atoms with Crippen molar-refractivity contribution in [1.82, 2.24) is 4.90 Å². The molecule has 0 aliphatic carbocycles.